The molecule has 0 fully saturated rings. The first-order chi connectivity index (χ1) is 13.1. The van der Waals surface area contributed by atoms with Crippen LogP contribution >= 0.6 is 0 Å². The molecule has 0 bridgehead atoms. The van der Waals surface area contributed by atoms with Gasteiger partial charge in [-0.05, 0) is 29.2 Å². The lowest BCUT2D eigenvalue weighted by Gasteiger charge is -2.22. The van der Waals surface area contributed by atoms with Crippen LogP contribution in [0.2, 0.25) is 0 Å². The van der Waals surface area contributed by atoms with Crippen molar-refractivity contribution >= 4 is 5.78 Å². The van der Waals surface area contributed by atoms with E-state index in [1.807, 2.05) is 74.5 Å². The normalized spacial score (nSPS) is 11.0. The molecule has 0 saturated heterocycles. The maximum absolute atomic E-state index is 12.7. The Kier molecular flexibility index (Phi) is 5.92. The second kappa shape index (κ2) is 8.54. The molecule has 0 heterocycles. The molecule has 0 saturated carbocycles. The smallest absolute Gasteiger partial charge is 0.170 e. The standard InChI is InChI=1S/C24H24O3/c1-17(2)16-21(26)23-20(25)14-9-15-22(23)27-24(18-10-5-3-6-11-18)19-12-7-4-8-13-19/h3-15,17,24-25H,16H2,1-2H3. The van der Waals surface area contributed by atoms with Gasteiger partial charge in [0.1, 0.15) is 23.2 Å². The van der Waals surface area contributed by atoms with E-state index in [1.165, 1.54) is 6.07 Å². The average Bonchev–Trinajstić information content (AvgIpc) is 2.67. The third-order valence-corrected chi connectivity index (χ3v) is 4.33. The highest BCUT2D eigenvalue weighted by Gasteiger charge is 2.22. The van der Waals surface area contributed by atoms with Crippen LogP contribution < -0.4 is 4.74 Å². The van der Waals surface area contributed by atoms with E-state index in [0.717, 1.165) is 11.1 Å². The molecule has 0 radical (unpaired) electrons. The summed E-state index contributed by atoms with van der Waals surface area (Å²) < 4.78 is 6.32. The number of carbonyl (C=O) groups excluding carboxylic acids is 1. The number of phenolic OH excluding ortho intramolecular Hbond substituents is 1. The summed E-state index contributed by atoms with van der Waals surface area (Å²) in [4.78, 5) is 12.7. The van der Waals surface area contributed by atoms with Crippen LogP contribution in [-0.4, -0.2) is 10.9 Å². The number of aromatic hydroxyl groups is 1. The molecule has 0 atom stereocenters. The predicted molar refractivity (Wildman–Crippen MR) is 107 cm³/mol. The molecule has 3 heteroatoms. The van der Waals surface area contributed by atoms with Crippen molar-refractivity contribution in [3.8, 4) is 11.5 Å². The Morgan fingerprint density at radius 3 is 1.93 bits per heavy atom. The van der Waals surface area contributed by atoms with E-state index >= 15 is 0 Å². The summed E-state index contributed by atoms with van der Waals surface area (Å²) in [5.74, 6) is 0.443. The highest BCUT2D eigenvalue weighted by molar-refractivity contribution is 6.01. The van der Waals surface area contributed by atoms with Gasteiger partial charge >= 0.3 is 0 Å². The van der Waals surface area contributed by atoms with Crippen LogP contribution in [0.25, 0.3) is 0 Å². The number of ketones is 1. The number of hydrogen-bond acceptors (Lipinski definition) is 3. The molecule has 0 amide bonds. The minimum absolute atomic E-state index is 0.0435. The molecule has 138 valence electrons. The van der Waals surface area contributed by atoms with Gasteiger partial charge in [0.05, 0.1) is 0 Å². The first-order valence-electron chi connectivity index (χ1n) is 9.18. The fourth-order valence-electron chi connectivity index (χ4n) is 3.08. The zero-order chi connectivity index (χ0) is 19.2. The first-order valence-corrected chi connectivity index (χ1v) is 9.18. The van der Waals surface area contributed by atoms with E-state index in [-0.39, 0.29) is 29.1 Å². The van der Waals surface area contributed by atoms with Crippen molar-refractivity contribution in [2.24, 2.45) is 5.92 Å². The lowest BCUT2D eigenvalue weighted by molar-refractivity contribution is 0.0959. The van der Waals surface area contributed by atoms with Crippen LogP contribution in [-0.2, 0) is 0 Å². The predicted octanol–water partition coefficient (Wildman–Crippen LogP) is 5.79. The number of hydrogen-bond donors (Lipinski definition) is 1. The summed E-state index contributed by atoms with van der Waals surface area (Å²) in [5.41, 5.74) is 2.21. The topological polar surface area (TPSA) is 46.5 Å². The maximum Gasteiger partial charge on any atom is 0.170 e. The molecule has 0 unspecified atom stereocenters. The van der Waals surface area contributed by atoms with Gasteiger partial charge in [0.15, 0.2) is 5.78 Å². The highest BCUT2D eigenvalue weighted by atomic mass is 16.5. The van der Waals surface area contributed by atoms with Crippen LogP contribution in [0.4, 0.5) is 0 Å². The van der Waals surface area contributed by atoms with E-state index in [4.69, 9.17) is 4.74 Å². The molecule has 3 rings (SSSR count). The fourth-order valence-corrected chi connectivity index (χ4v) is 3.08. The molecule has 0 aliphatic heterocycles. The zero-order valence-corrected chi connectivity index (χ0v) is 15.6. The van der Waals surface area contributed by atoms with Crippen molar-refractivity contribution in [3.05, 3.63) is 95.6 Å². The molecule has 3 nitrogen and oxygen atoms in total. The zero-order valence-electron chi connectivity index (χ0n) is 15.6. The van der Waals surface area contributed by atoms with E-state index < -0.39 is 0 Å². The van der Waals surface area contributed by atoms with E-state index in [2.05, 4.69) is 0 Å². The molecule has 3 aromatic carbocycles. The summed E-state index contributed by atoms with van der Waals surface area (Å²) in [6, 6.07) is 24.7. The quantitative estimate of drug-likeness (QED) is 0.543. The van der Waals surface area contributed by atoms with Crippen molar-refractivity contribution in [2.75, 3.05) is 0 Å². The summed E-state index contributed by atoms with van der Waals surface area (Å²) in [5, 5.41) is 10.3. The number of carbonyl (C=O) groups is 1. The fraction of sp³-hybridized carbons (Fsp3) is 0.208. The van der Waals surface area contributed by atoms with E-state index in [0.29, 0.717) is 12.2 Å². The Labute approximate surface area is 160 Å². The van der Waals surface area contributed by atoms with Crippen LogP contribution in [0.1, 0.15) is 47.9 Å². The lowest BCUT2D eigenvalue weighted by atomic mass is 9.98. The second-order valence-corrected chi connectivity index (χ2v) is 6.99. The maximum atomic E-state index is 12.7. The van der Waals surface area contributed by atoms with Gasteiger partial charge in [-0.3, -0.25) is 4.79 Å². The molecule has 27 heavy (non-hydrogen) atoms. The van der Waals surface area contributed by atoms with Gasteiger partial charge in [-0.2, -0.15) is 0 Å². The minimum atomic E-state index is -0.375. The van der Waals surface area contributed by atoms with Gasteiger partial charge < -0.3 is 9.84 Å². The summed E-state index contributed by atoms with van der Waals surface area (Å²) >= 11 is 0. The Balaban J connectivity index is 2.02. The van der Waals surface area contributed by atoms with Crippen LogP contribution in [0, 0.1) is 5.92 Å². The molecule has 1 N–H and O–H groups in total. The average molecular weight is 360 g/mol. The van der Waals surface area contributed by atoms with Crippen LogP contribution in [0.15, 0.2) is 78.9 Å². The van der Waals surface area contributed by atoms with Crippen molar-refractivity contribution in [2.45, 2.75) is 26.4 Å². The SMILES string of the molecule is CC(C)CC(=O)c1c(O)cccc1OC(c1ccccc1)c1ccccc1. The molecule has 0 aliphatic rings. The van der Waals surface area contributed by atoms with Crippen molar-refractivity contribution in [3.63, 3.8) is 0 Å². The van der Waals surface area contributed by atoms with Crippen LogP contribution in [0.5, 0.6) is 11.5 Å². The number of benzene rings is 3. The Hall–Kier alpha value is -3.07. The van der Waals surface area contributed by atoms with Gasteiger partial charge in [-0.1, -0.05) is 80.6 Å². The first kappa shape index (κ1) is 18.7. The Morgan fingerprint density at radius 1 is 0.852 bits per heavy atom. The monoisotopic (exact) mass is 360 g/mol. The van der Waals surface area contributed by atoms with Gasteiger partial charge in [0.25, 0.3) is 0 Å². The summed E-state index contributed by atoms with van der Waals surface area (Å²) in [6.45, 7) is 3.96. The van der Waals surface area contributed by atoms with Gasteiger partial charge in [-0.25, -0.2) is 0 Å². The van der Waals surface area contributed by atoms with Crippen molar-refractivity contribution in [1.82, 2.24) is 0 Å². The molecular weight excluding hydrogens is 336 g/mol. The second-order valence-electron chi connectivity index (χ2n) is 6.99. The van der Waals surface area contributed by atoms with Crippen molar-refractivity contribution < 1.29 is 14.6 Å². The number of ether oxygens (including phenoxy) is 1. The number of phenols is 1. The van der Waals surface area contributed by atoms with E-state index in [9.17, 15) is 9.90 Å². The van der Waals surface area contributed by atoms with Gasteiger partial charge in [0.2, 0.25) is 0 Å². The van der Waals surface area contributed by atoms with Crippen molar-refractivity contribution in [1.29, 1.82) is 0 Å². The lowest BCUT2D eigenvalue weighted by Crippen LogP contribution is -2.13. The van der Waals surface area contributed by atoms with Gasteiger partial charge in [-0.15, -0.1) is 0 Å². The van der Waals surface area contributed by atoms with E-state index in [1.54, 1.807) is 12.1 Å². The number of rotatable bonds is 7. The Morgan fingerprint density at radius 2 is 1.41 bits per heavy atom. The molecule has 0 aromatic heterocycles. The number of Topliss-reactive ketones (excluding diaryl/α,β-unsaturated/α-hetero) is 1. The van der Waals surface area contributed by atoms with Crippen LogP contribution in [0.3, 0.4) is 0 Å². The largest absolute Gasteiger partial charge is 0.507 e. The third kappa shape index (κ3) is 4.56. The molecule has 0 aliphatic carbocycles. The Bertz CT molecular complexity index is 847. The third-order valence-electron chi connectivity index (χ3n) is 4.33. The summed E-state index contributed by atoms with van der Waals surface area (Å²) in [7, 11) is 0. The highest BCUT2D eigenvalue weighted by Crippen LogP contribution is 2.35. The molecular formula is C24H24O3. The molecule has 3 aromatic rings. The van der Waals surface area contributed by atoms with Gasteiger partial charge in [0, 0.05) is 6.42 Å². The minimum Gasteiger partial charge on any atom is -0.507 e. The molecule has 0 spiro atoms. The summed E-state index contributed by atoms with van der Waals surface area (Å²) in [6.07, 6.45) is -0.0188.